The number of sulfonamides is 1. The van der Waals surface area contributed by atoms with Gasteiger partial charge in [0.2, 0.25) is 11.3 Å². The van der Waals surface area contributed by atoms with E-state index in [2.05, 4.69) is 0 Å². The van der Waals surface area contributed by atoms with Gasteiger partial charge < -0.3 is 9.62 Å². The number of nitrogens with zero attached hydrogens (tertiary/aromatic N) is 2. The highest BCUT2D eigenvalue weighted by atomic mass is 32.2. The summed E-state index contributed by atoms with van der Waals surface area (Å²) in [7, 11) is -3.61. The number of hydrogen-bond donors (Lipinski definition) is 0. The third-order valence-electron chi connectivity index (χ3n) is 2.67. The van der Waals surface area contributed by atoms with Crippen LogP contribution in [0.3, 0.4) is 0 Å². The van der Waals surface area contributed by atoms with Crippen LogP contribution in [0.25, 0.3) is 0 Å². The highest BCUT2D eigenvalue weighted by molar-refractivity contribution is 7.89. The number of hydrogen-bond acceptors (Lipinski definition) is 4. The van der Waals surface area contributed by atoms with Gasteiger partial charge in [-0.1, -0.05) is 13.8 Å². The molecule has 0 aliphatic rings. The number of furan rings is 1. The molecule has 0 saturated carbocycles. The summed E-state index contributed by atoms with van der Waals surface area (Å²) in [6.07, 6.45) is 1.24. The molecule has 0 spiro atoms. The molecule has 0 amide bonds. The van der Waals surface area contributed by atoms with Crippen molar-refractivity contribution in [3.63, 3.8) is 0 Å². The van der Waals surface area contributed by atoms with Gasteiger partial charge in [0.1, 0.15) is 0 Å². The Hall–Kier alpha value is -1.34. The molecule has 1 heterocycles. The fourth-order valence-electron chi connectivity index (χ4n) is 1.51. The molecule has 0 aliphatic carbocycles. The summed E-state index contributed by atoms with van der Waals surface area (Å²) in [6.45, 7) is 7.74. The smallest absolute Gasteiger partial charge is 0.276 e. The quantitative estimate of drug-likeness (QED) is 0.345. The third-order valence-corrected chi connectivity index (χ3v) is 4.59. The molecule has 1 rings (SSSR count). The van der Waals surface area contributed by atoms with Gasteiger partial charge in [-0.2, -0.15) is 4.31 Å². The zero-order valence-corrected chi connectivity index (χ0v) is 12.5. The van der Waals surface area contributed by atoms with Crippen molar-refractivity contribution in [3.8, 4) is 0 Å². The molecule has 19 heavy (non-hydrogen) atoms. The molecule has 0 bridgehead atoms. The van der Waals surface area contributed by atoms with E-state index in [1.54, 1.807) is 27.7 Å². The van der Waals surface area contributed by atoms with Crippen LogP contribution in [0.2, 0.25) is 0 Å². The monoisotopic (exact) mass is 288 g/mol. The van der Waals surface area contributed by atoms with Crippen LogP contribution in [0.5, 0.6) is 0 Å². The summed E-state index contributed by atoms with van der Waals surface area (Å²) in [5.74, 6) is 0.231. The molecule has 0 unspecified atom stereocenters. The zero-order chi connectivity index (χ0) is 14.6. The van der Waals surface area contributed by atoms with Crippen LogP contribution in [0.4, 0.5) is 0 Å². The minimum absolute atomic E-state index is 0.139. The van der Waals surface area contributed by atoms with E-state index < -0.39 is 10.0 Å². The molecule has 0 aliphatic heterocycles. The molecule has 108 valence electrons. The molecule has 0 radical (unpaired) electrons. The maximum Gasteiger partial charge on any atom is 0.276 e. The van der Waals surface area contributed by atoms with Crippen LogP contribution in [0.1, 0.15) is 33.5 Å². The lowest BCUT2D eigenvalue weighted by molar-refractivity contribution is -0.487. The molecule has 6 nitrogen and oxygen atoms in total. The lowest BCUT2D eigenvalue weighted by Crippen LogP contribution is -2.30. The van der Waals surface area contributed by atoms with Crippen LogP contribution in [-0.2, 0) is 10.0 Å². The van der Waals surface area contributed by atoms with E-state index in [0.717, 1.165) is 0 Å². The van der Waals surface area contributed by atoms with E-state index in [-0.39, 0.29) is 16.9 Å². The molecule has 1 aromatic rings. The second kappa shape index (κ2) is 6.21. The maximum absolute atomic E-state index is 12.2. The number of hydroxylamine groups is 1. The summed E-state index contributed by atoms with van der Waals surface area (Å²) >= 11 is 0. The maximum atomic E-state index is 12.2. The summed E-state index contributed by atoms with van der Waals surface area (Å²) in [6, 6.07) is 2.62. The van der Waals surface area contributed by atoms with Crippen molar-refractivity contribution < 1.29 is 17.6 Å². The van der Waals surface area contributed by atoms with Gasteiger partial charge >= 0.3 is 0 Å². The topological polar surface area (TPSA) is 76.6 Å². The molecule has 0 aromatic carbocycles. The normalized spacial score (nSPS) is 13.5. The van der Waals surface area contributed by atoms with Crippen LogP contribution >= 0.6 is 0 Å². The van der Waals surface area contributed by atoms with Crippen LogP contribution in [-0.4, -0.2) is 42.8 Å². The van der Waals surface area contributed by atoms with Crippen molar-refractivity contribution in [2.24, 2.45) is 0 Å². The van der Waals surface area contributed by atoms with Crippen molar-refractivity contribution in [1.29, 1.82) is 0 Å². The predicted octanol–water partition coefficient (Wildman–Crippen LogP) is 1.65. The fourth-order valence-corrected chi connectivity index (χ4v) is 2.88. The lowest BCUT2D eigenvalue weighted by atomic mass is 10.4. The zero-order valence-electron chi connectivity index (χ0n) is 11.7. The second-order valence-electron chi connectivity index (χ2n) is 4.33. The molecule has 0 atom stereocenters. The van der Waals surface area contributed by atoms with Gasteiger partial charge in [-0.05, 0) is 26.0 Å². The average molecular weight is 288 g/mol. The summed E-state index contributed by atoms with van der Waals surface area (Å²) in [5, 5.41) is 11.3. The van der Waals surface area contributed by atoms with E-state index >= 15 is 0 Å². The van der Waals surface area contributed by atoms with E-state index in [4.69, 9.17) is 4.42 Å². The fraction of sp³-hybridized carbons (Fsp3) is 0.583. The first-order valence-electron chi connectivity index (χ1n) is 6.23. The largest absolute Gasteiger partial charge is 0.624 e. The minimum Gasteiger partial charge on any atom is -0.624 e. The Kier molecular flexibility index (Phi) is 5.13. The van der Waals surface area contributed by atoms with Crippen molar-refractivity contribution in [2.45, 2.75) is 38.8 Å². The van der Waals surface area contributed by atoms with Gasteiger partial charge in [-0.3, -0.25) is 0 Å². The third kappa shape index (κ3) is 3.57. The van der Waals surface area contributed by atoms with Gasteiger partial charge in [0, 0.05) is 13.1 Å². The van der Waals surface area contributed by atoms with E-state index in [1.165, 1.54) is 22.7 Å². The highest BCUT2D eigenvalue weighted by Gasteiger charge is 2.25. The molecular weight excluding hydrogens is 268 g/mol. The Labute approximate surface area is 114 Å². The standard InChI is InChI=1S/C12H20N2O4S/c1-5-13(6-2)19(16,17)12-8-7-11(18-12)9-14(15)10(3)4/h7-10H,5-6H2,1-4H3. The lowest BCUT2D eigenvalue weighted by Gasteiger charge is -2.15. The molecule has 0 fully saturated rings. The molecule has 0 N–H and O–H groups in total. The van der Waals surface area contributed by atoms with Crippen LogP contribution < -0.4 is 0 Å². The van der Waals surface area contributed by atoms with Gasteiger partial charge in [0.15, 0.2) is 11.8 Å². The van der Waals surface area contributed by atoms with Crippen LogP contribution in [0, 0.1) is 5.21 Å². The first kappa shape index (κ1) is 15.7. The van der Waals surface area contributed by atoms with Crippen molar-refractivity contribution >= 4 is 16.2 Å². The average Bonchev–Trinajstić information content (AvgIpc) is 2.79. The summed E-state index contributed by atoms with van der Waals surface area (Å²) in [4.78, 5) is 0. The van der Waals surface area contributed by atoms with Crippen LogP contribution in [0.15, 0.2) is 21.6 Å². The van der Waals surface area contributed by atoms with E-state index in [0.29, 0.717) is 17.8 Å². The predicted molar refractivity (Wildman–Crippen MR) is 72.7 cm³/mol. The Balaban J connectivity index is 3.07. The Morgan fingerprint density at radius 3 is 2.42 bits per heavy atom. The van der Waals surface area contributed by atoms with Crippen molar-refractivity contribution in [3.05, 3.63) is 23.1 Å². The first-order valence-corrected chi connectivity index (χ1v) is 7.67. The van der Waals surface area contributed by atoms with Crippen molar-refractivity contribution in [1.82, 2.24) is 4.31 Å². The summed E-state index contributed by atoms with van der Waals surface area (Å²) < 4.78 is 31.5. The SMILES string of the molecule is CCN(CC)S(=O)(=O)c1ccc(C=[N+]([O-])C(C)C)o1. The molecule has 0 saturated heterocycles. The van der Waals surface area contributed by atoms with Gasteiger partial charge in [-0.15, -0.1) is 0 Å². The highest BCUT2D eigenvalue weighted by Crippen LogP contribution is 2.17. The Morgan fingerprint density at radius 2 is 1.95 bits per heavy atom. The molecule has 1 aromatic heterocycles. The summed E-state index contributed by atoms with van der Waals surface area (Å²) in [5.41, 5.74) is 0. The molecular formula is C12H20N2O4S. The second-order valence-corrected chi connectivity index (χ2v) is 6.20. The van der Waals surface area contributed by atoms with Gasteiger partial charge in [0.25, 0.3) is 10.0 Å². The van der Waals surface area contributed by atoms with Crippen molar-refractivity contribution in [2.75, 3.05) is 13.1 Å². The Morgan fingerprint density at radius 1 is 1.37 bits per heavy atom. The number of rotatable bonds is 6. The van der Waals surface area contributed by atoms with Gasteiger partial charge in [-0.25, -0.2) is 13.2 Å². The molecule has 7 heteroatoms. The first-order chi connectivity index (χ1) is 8.82. The minimum atomic E-state index is -3.61. The van der Waals surface area contributed by atoms with E-state index in [1.807, 2.05) is 0 Å². The van der Waals surface area contributed by atoms with E-state index in [9.17, 15) is 13.6 Å². The van der Waals surface area contributed by atoms with Gasteiger partial charge in [0.05, 0.1) is 0 Å². The Bertz CT molecular complexity index is 542.